The zero-order valence-electron chi connectivity index (χ0n) is 15.1. The fourth-order valence-corrected chi connectivity index (χ4v) is 3.44. The largest absolute Gasteiger partial charge is 0.489 e. The van der Waals surface area contributed by atoms with Crippen molar-refractivity contribution in [1.82, 2.24) is 4.57 Å². The second-order valence-electron chi connectivity index (χ2n) is 6.49. The first kappa shape index (κ1) is 17.8. The molecule has 5 nitrogen and oxygen atoms in total. The number of nitriles is 1. The summed E-state index contributed by atoms with van der Waals surface area (Å²) in [7, 11) is 0. The molecule has 2 heterocycles. The molecule has 1 amide bonds. The smallest absolute Gasteiger partial charge is 0.251 e. The van der Waals surface area contributed by atoms with Crippen LogP contribution < -0.4 is 9.64 Å². The molecule has 4 rings (SSSR count). The molecule has 0 bridgehead atoms. The number of carbonyl (C=O) groups is 1. The molecule has 0 aliphatic carbocycles. The minimum Gasteiger partial charge on any atom is -0.489 e. The Hall–Kier alpha value is -3.59. The van der Waals surface area contributed by atoms with Crippen LogP contribution in [0.5, 0.6) is 5.75 Å². The number of nitrogens with zero attached hydrogens (tertiary/aromatic N) is 3. The van der Waals surface area contributed by atoms with Gasteiger partial charge in [0.1, 0.15) is 18.2 Å². The van der Waals surface area contributed by atoms with Crippen LogP contribution in [0.2, 0.25) is 0 Å². The Morgan fingerprint density at radius 2 is 2.14 bits per heavy atom. The zero-order valence-corrected chi connectivity index (χ0v) is 15.1. The fraction of sp³-hybridized carbons (Fsp3) is 0.182. The van der Waals surface area contributed by atoms with E-state index in [1.54, 1.807) is 17.0 Å². The van der Waals surface area contributed by atoms with Crippen LogP contribution in [0.3, 0.4) is 0 Å². The van der Waals surface area contributed by atoms with Gasteiger partial charge >= 0.3 is 0 Å². The van der Waals surface area contributed by atoms with E-state index in [4.69, 9.17) is 10.00 Å². The third kappa shape index (κ3) is 3.35. The maximum Gasteiger partial charge on any atom is 0.251 e. The van der Waals surface area contributed by atoms with Crippen molar-refractivity contribution in [3.63, 3.8) is 0 Å². The van der Waals surface area contributed by atoms with E-state index in [0.717, 1.165) is 16.5 Å². The van der Waals surface area contributed by atoms with E-state index in [-0.39, 0.29) is 5.91 Å². The lowest BCUT2D eigenvalue weighted by atomic mass is 10.1. The summed E-state index contributed by atoms with van der Waals surface area (Å²) in [5.41, 5.74) is 2.50. The highest BCUT2D eigenvalue weighted by atomic mass is 19.1. The predicted octanol–water partition coefficient (Wildman–Crippen LogP) is 4.13. The molecular formula is C22H18FN3O2. The molecule has 0 saturated heterocycles. The van der Waals surface area contributed by atoms with Crippen LogP contribution in [0.15, 0.2) is 54.7 Å². The van der Waals surface area contributed by atoms with Crippen LogP contribution in [0.1, 0.15) is 12.0 Å². The molecule has 0 unspecified atom stereocenters. The second-order valence-corrected chi connectivity index (χ2v) is 6.49. The summed E-state index contributed by atoms with van der Waals surface area (Å²) in [5, 5.41) is 9.89. The summed E-state index contributed by atoms with van der Waals surface area (Å²) in [6, 6.07) is 14.2. The standard InChI is InChI=1S/C22H18FN3O2/c23-17-7-8-20-21(14-17)28-13-12-26(20)22(27)9-6-16-15-25(11-3-10-24)19-5-2-1-4-18(16)19/h1-2,4-9,14-15H,3,11-13H2. The minimum atomic E-state index is -0.395. The Bertz CT molecular complexity index is 1110. The van der Waals surface area contributed by atoms with Crippen LogP contribution in [-0.2, 0) is 11.3 Å². The third-order valence-electron chi connectivity index (χ3n) is 4.74. The third-order valence-corrected chi connectivity index (χ3v) is 4.74. The Morgan fingerprint density at radius 1 is 1.29 bits per heavy atom. The van der Waals surface area contributed by atoms with Crippen LogP contribution in [0, 0.1) is 17.1 Å². The average Bonchev–Trinajstić information content (AvgIpc) is 3.07. The number of anilines is 1. The summed E-state index contributed by atoms with van der Waals surface area (Å²) in [6.07, 6.45) is 5.68. The molecule has 2 aromatic carbocycles. The summed E-state index contributed by atoms with van der Waals surface area (Å²) in [6.45, 7) is 1.33. The van der Waals surface area contributed by atoms with Gasteiger partial charge in [-0.1, -0.05) is 18.2 Å². The summed E-state index contributed by atoms with van der Waals surface area (Å²) >= 11 is 0. The lowest BCUT2D eigenvalue weighted by Gasteiger charge is -2.28. The molecule has 1 aromatic heterocycles. The number of hydrogen-bond acceptors (Lipinski definition) is 3. The molecule has 140 valence electrons. The molecule has 0 atom stereocenters. The lowest BCUT2D eigenvalue weighted by Crippen LogP contribution is -2.36. The highest BCUT2D eigenvalue weighted by Gasteiger charge is 2.22. The average molecular weight is 375 g/mol. The normalized spacial score (nSPS) is 13.4. The van der Waals surface area contributed by atoms with Crippen molar-refractivity contribution < 1.29 is 13.9 Å². The Kier molecular flexibility index (Phi) is 4.81. The Balaban J connectivity index is 1.62. The predicted molar refractivity (Wildman–Crippen MR) is 105 cm³/mol. The van der Waals surface area contributed by atoms with Crippen molar-refractivity contribution in [3.8, 4) is 11.8 Å². The molecule has 1 aliphatic rings. The summed E-state index contributed by atoms with van der Waals surface area (Å²) < 4.78 is 20.9. The Morgan fingerprint density at radius 3 is 3.00 bits per heavy atom. The highest BCUT2D eigenvalue weighted by molar-refractivity contribution is 6.06. The van der Waals surface area contributed by atoms with Gasteiger partial charge in [-0.3, -0.25) is 4.79 Å². The maximum absolute atomic E-state index is 13.4. The van der Waals surface area contributed by atoms with E-state index in [1.165, 1.54) is 18.2 Å². The first-order valence-corrected chi connectivity index (χ1v) is 9.04. The van der Waals surface area contributed by atoms with Crippen LogP contribution in [0.4, 0.5) is 10.1 Å². The quantitative estimate of drug-likeness (QED) is 0.644. The van der Waals surface area contributed by atoms with Gasteiger partial charge in [0.2, 0.25) is 0 Å². The molecule has 0 saturated carbocycles. The van der Waals surface area contributed by atoms with Crippen molar-refractivity contribution in [2.45, 2.75) is 13.0 Å². The van der Waals surface area contributed by atoms with Crippen LogP contribution >= 0.6 is 0 Å². The number of ether oxygens (including phenoxy) is 1. The van der Waals surface area contributed by atoms with Crippen molar-refractivity contribution in [1.29, 1.82) is 5.26 Å². The number of hydrogen-bond donors (Lipinski definition) is 0. The van der Waals surface area contributed by atoms with Crippen LogP contribution in [0.25, 0.3) is 17.0 Å². The van der Waals surface area contributed by atoms with E-state index < -0.39 is 5.82 Å². The van der Waals surface area contributed by atoms with Gasteiger partial charge in [0.15, 0.2) is 0 Å². The number of aromatic nitrogens is 1. The van der Waals surface area contributed by atoms with Gasteiger partial charge in [-0.25, -0.2) is 4.39 Å². The first-order valence-electron chi connectivity index (χ1n) is 9.04. The number of halogens is 1. The van der Waals surface area contributed by atoms with Gasteiger partial charge in [0, 0.05) is 41.4 Å². The number of benzene rings is 2. The summed E-state index contributed by atoms with van der Waals surface area (Å²) in [5.74, 6) is -0.208. The molecule has 0 fully saturated rings. The van der Waals surface area contributed by atoms with Gasteiger partial charge in [0.25, 0.3) is 5.91 Å². The van der Waals surface area contributed by atoms with Crippen molar-refractivity contribution >= 4 is 28.6 Å². The number of para-hydroxylation sites is 1. The highest BCUT2D eigenvalue weighted by Crippen LogP contribution is 2.32. The minimum absolute atomic E-state index is 0.190. The second kappa shape index (κ2) is 7.57. The van der Waals surface area contributed by atoms with Gasteiger partial charge in [0.05, 0.1) is 24.7 Å². The molecule has 0 radical (unpaired) electrons. The van der Waals surface area contributed by atoms with E-state index in [1.807, 2.05) is 35.0 Å². The number of carbonyl (C=O) groups excluding carboxylic acids is 1. The van der Waals surface area contributed by atoms with Gasteiger partial charge in [-0.15, -0.1) is 0 Å². The molecule has 0 spiro atoms. The van der Waals surface area contributed by atoms with E-state index in [2.05, 4.69) is 6.07 Å². The molecule has 3 aromatic rings. The fourth-order valence-electron chi connectivity index (χ4n) is 3.44. The zero-order chi connectivity index (χ0) is 19.5. The van der Waals surface area contributed by atoms with Crippen molar-refractivity contribution in [2.24, 2.45) is 0 Å². The summed E-state index contributed by atoms with van der Waals surface area (Å²) in [4.78, 5) is 14.4. The SMILES string of the molecule is N#CCCn1cc(C=CC(=O)N2CCOc3cc(F)ccc32)c2ccccc21. The monoisotopic (exact) mass is 375 g/mol. The molecule has 6 heteroatoms. The molecule has 0 N–H and O–H groups in total. The topological polar surface area (TPSA) is 58.3 Å². The van der Waals surface area contributed by atoms with Gasteiger partial charge in [-0.2, -0.15) is 5.26 Å². The number of amides is 1. The van der Waals surface area contributed by atoms with E-state index >= 15 is 0 Å². The number of fused-ring (bicyclic) bond motifs is 2. The Labute approximate surface area is 161 Å². The lowest BCUT2D eigenvalue weighted by molar-refractivity contribution is -0.114. The maximum atomic E-state index is 13.4. The van der Waals surface area contributed by atoms with Gasteiger partial charge in [-0.05, 0) is 24.3 Å². The molecule has 28 heavy (non-hydrogen) atoms. The first-order chi connectivity index (χ1) is 13.7. The van der Waals surface area contributed by atoms with Crippen LogP contribution in [-0.4, -0.2) is 23.6 Å². The number of aryl methyl sites for hydroxylation is 1. The van der Waals surface area contributed by atoms with E-state index in [0.29, 0.717) is 37.6 Å². The van der Waals surface area contributed by atoms with Crippen molar-refractivity contribution in [3.05, 3.63) is 66.1 Å². The van der Waals surface area contributed by atoms with E-state index in [9.17, 15) is 9.18 Å². The molecular weight excluding hydrogens is 357 g/mol. The molecule has 1 aliphatic heterocycles. The van der Waals surface area contributed by atoms with Crippen molar-refractivity contribution in [2.75, 3.05) is 18.1 Å². The number of rotatable bonds is 4. The van der Waals surface area contributed by atoms with Gasteiger partial charge < -0.3 is 14.2 Å².